The topological polar surface area (TPSA) is 29.5 Å². The van der Waals surface area contributed by atoms with Crippen molar-refractivity contribution in [1.82, 2.24) is 4.90 Å². The van der Waals surface area contributed by atoms with Crippen molar-refractivity contribution in [3.8, 4) is 0 Å². The molecule has 0 aromatic rings. The third-order valence-electron chi connectivity index (χ3n) is 3.58. The molecular formula is C14H23BNO2. The fraction of sp³-hybridized carbons (Fsp3) is 0.786. The van der Waals surface area contributed by atoms with Crippen LogP contribution in [0.15, 0.2) is 12.2 Å². The highest BCUT2D eigenvalue weighted by Gasteiger charge is 2.35. The van der Waals surface area contributed by atoms with E-state index >= 15 is 0 Å². The number of nitrogens with zero attached hydrogens (tertiary/aromatic N) is 1. The Balaban J connectivity index is 2.03. The van der Waals surface area contributed by atoms with Gasteiger partial charge in [-0.1, -0.05) is 31.3 Å². The second-order valence-corrected chi connectivity index (χ2v) is 6.24. The van der Waals surface area contributed by atoms with Crippen LogP contribution in [0.1, 0.15) is 40.0 Å². The van der Waals surface area contributed by atoms with Gasteiger partial charge < -0.3 is 9.64 Å². The molecule has 0 N–H and O–H groups in total. The number of rotatable bonds is 1. The van der Waals surface area contributed by atoms with E-state index in [9.17, 15) is 4.79 Å². The molecule has 18 heavy (non-hydrogen) atoms. The molecule has 4 heteroatoms. The molecule has 2 aliphatic rings. The van der Waals surface area contributed by atoms with Gasteiger partial charge in [-0.15, -0.1) is 0 Å². The van der Waals surface area contributed by atoms with Crippen LogP contribution in [-0.4, -0.2) is 36.5 Å². The van der Waals surface area contributed by atoms with Gasteiger partial charge in [0, 0.05) is 12.6 Å². The van der Waals surface area contributed by atoms with E-state index in [0.29, 0.717) is 18.4 Å². The lowest BCUT2D eigenvalue weighted by molar-refractivity contribution is 0.0171. The Morgan fingerprint density at radius 1 is 1.39 bits per heavy atom. The van der Waals surface area contributed by atoms with E-state index in [4.69, 9.17) is 4.74 Å². The molecule has 0 aromatic carbocycles. The Morgan fingerprint density at radius 3 is 2.78 bits per heavy atom. The maximum Gasteiger partial charge on any atom is 0.410 e. The molecule has 3 nitrogen and oxygen atoms in total. The normalized spacial score (nSPS) is 28.1. The molecule has 0 aromatic heterocycles. The molecule has 0 saturated carbocycles. The van der Waals surface area contributed by atoms with Crippen molar-refractivity contribution in [2.75, 3.05) is 6.54 Å². The Kier molecular flexibility index (Phi) is 4.03. The van der Waals surface area contributed by atoms with Gasteiger partial charge in [0.25, 0.3) is 0 Å². The second kappa shape index (κ2) is 5.37. The molecule has 2 heterocycles. The van der Waals surface area contributed by atoms with Crippen molar-refractivity contribution < 1.29 is 9.53 Å². The highest BCUT2D eigenvalue weighted by molar-refractivity contribution is 6.39. The van der Waals surface area contributed by atoms with Crippen molar-refractivity contribution in [3.05, 3.63) is 12.2 Å². The number of hydrogen-bond donors (Lipinski definition) is 0. The number of amides is 1. The minimum Gasteiger partial charge on any atom is -0.444 e. The van der Waals surface area contributed by atoms with E-state index in [1.165, 1.54) is 19.2 Å². The summed E-state index contributed by atoms with van der Waals surface area (Å²) < 4.78 is 5.51. The third-order valence-corrected chi connectivity index (χ3v) is 3.58. The summed E-state index contributed by atoms with van der Waals surface area (Å²) >= 11 is 0. The molecule has 0 bridgehead atoms. The second-order valence-electron chi connectivity index (χ2n) is 6.24. The first kappa shape index (κ1) is 13.5. The smallest absolute Gasteiger partial charge is 0.410 e. The molecule has 1 saturated heterocycles. The van der Waals surface area contributed by atoms with Crippen LogP contribution in [0, 0.1) is 0 Å². The van der Waals surface area contributed by atoms with Crippen LogP contribution in [0.3, 0.4) is 0 Å². The monoisotopic (exact) mass is 248 g/mol. The van der Waals surface area contributed by atoms with E-state index < -0.39 is 5.60 Å². The summed E-state index contributed by atoms with van der Waals surface area (Å²) in [7, 11) is 2.38. The predicted molar refractivity (Wildman–Crippen MR) is 74.0 cm³/mol. The Hall–Kier alpha value is -0.925. The SMILES string of the molecule is CC(C)(C)OC(=O)N1CC=CCC1C1[B]CCC1. The summed E-state index contributed by atoms with van der Waals surface area (Å²) in [6, 6.07) is 0.298. The van der Waals surface area contributed by atoms with Crippen molar-refractivity contribution in [2.24, 2.45) is 0 Å². The molecule has 0 spiro atoms. The van der Waals surface area contributed by atoms with Crippen LogP contribution >= 0.6 is 0 Å². The molecule has 0 aliphatic carbocycles. The zero-order valence-electron chi connectivity index (χ0n) is 11.7. The van der Waals surface area contributed by atoms with Gasteiger partial charge in [-0.05, 0) is 33.0 Å². The quantitative estimate of drug-likeness (QED) is 0.526. The molecule has 2 aliphatic heterocycles. The molecule has 2 unspecified atom stereocenters. The predicted octanol–water partition coefficient (Wildman–Crippen LogP) is 3.26. The lowest BCUT2D eigenvalue weighted by atomic mass is 9.63. The van der Waals surface area contributed by atoms with Gasteiger partial charge in [-0.2, -0.15) is 0 Å². The summed E-state index contributed by atoms with van der Waals surface area (Å²) in [4.78, 5) is 14.1. The van der Waals surface area contributed by atoms with Crippen molar-refractivity contribution >= 4 is 13.4 Å². The Morgan fingerprint density at radius 2 is 2.17 bits per heavy atom. The minimum atomic E-state index is -0.414. The highest BCUT2D eigenvalue weighted by atomic mass is 16.6. The fourth-order valence-electron chi connectivity index (χ4n) is 2.78. The van der Waals surface area contributed by atoms with Gasteiger partial charge in [0.1, 0.15) is 12.9 Å². The van der Waals surface area contributed by atoms with Crippen LogP contribution in [-0.2, 0) is 4.74 Å². The summed E-state index contributed by atoms with van der Waals surface area (Å²) in [5, 5.41) is 0. The lowest BCUT2D eigenvalue weighted by Gasteiger charge is -2.37. The molecule has 2 rings (SSSR count). The van der Waals surface area contributed by atoms with Gasteiger partial charge in [0.05, 0.1) is 0 Å². The zero-order valence-corrected chi connectivity index (χ0v) is 11.7. The molecular weight excluding hydrogens is 225 g/mol. The maximum absolute atomic E-state index is 12.2. The van der Waals surface area contributed by atoms with Crippen LogP contribution in [0.4, 0.5) is 4.79 Å². The average Bonchev–Trinajstić information content (AvgIpc) is 2.80. The number of carbonyl (C=O) groups is 1. The first-order valence-electron chi connectivity index (χ1n) is 6.95. The van der Waals surface area contributed by atoms with Crippen molar-refractivity contribution in [2.45, 2.75) is 63.8 Å². The van der Waals surface area contributed by atoms with E-state index in [1.54, 1.807) is 0 Å². The summed E-state index contributed by atoms with van der Waals surface area (Å²) in [5.41, 5.74) is -0.414. The first-order chi connectivity index (χ1) is 8.47. The van der Waals surface area contributed by atoms with Crippen LogP contribution in [0.25, 0.3) is 0 Å². The highest BCUT2D eigenvalue weighted by Crippen LogP contribution is 2.34. The molecule has 99 valence electrons. The number of ether oxygens (including phenoxy) is 1. The van der Waals surface area contributed by atoms with Gasteiger partial charge in [0.15, 0.2) is 0 Å². The fourth-order valence-corrected chi connectivity index (χ4v) is 2.78. The third kappa shape index (κ3) is 3.30. The molecule has 1 fully saturated rings. The van der Waals surface area contributed by atoms with Gasteiger partial charge in [-0.3, -0.25) is 0 Å². The summed E-state index contributed by atoms with van der Waals surface area (Å²) in [6.07, 6.45) is 8.70. The summed E-state index contributed by atoms with van der Waals surface area (Å²) in [6.45, 7) is 6.44. The molecule has 1 amide bonds. The number of hydrogen-bond acceptors (Lipinski definition) is 2. The summed E-state index contributed by atoms with van der Waals surface area (Å²) in [5.74, 6) is 0.544. The average molecular weight is 248 g/mol. The van der Waals surface area contributed by atoms with E-state index in [-0.39, 0.29) is 6.09 Å². The largest absolute Gasteiger partial charge is 0.444 e. The van der Waals surface area contributed by atoms with Crippen LogP contribution < -0.4 is 0 Å². The zero-order chi connectivity index (χ0) is 13.2. The van der Waals surface area contributed by atoms with E-state index in [2.05, 4.69) is 19.4 Å². The minimum absolute atomic E-state index is 0.169. The first-order valence-corrected chi connectivity index (χ1v) is 6.95. The maximum atomic E-state index is 12.2. The van der Waals surface area contributed by atoms with Crippen LogP contribution in [0.2, 0.25) is 12.1 Å². The Bertz CT molecular complexity index is 329. The van der Waals surface area contributed by atoms with E-state index in [1.807, 2.05) is 25.7 Å². The van der Waals surface area contributed by atoms with Gasteiger partial charge in [-0.25, -0.2) is 4.79 Å². The van der Waals surface area contributed by atoms with Crippen molar-refractivity contribution in [3.63, 3.8) is 0 Å². The Labute approximate surface area is 111 Å². The van der Waals surface area contributed by atoms with E-state index in [0.717, 1.165) is 6.42 Å². The lowest BCUT2D eigenvalue weighted by Crippen LogP contribution is -2.47. The van der Waals surface area contributed by atoms with Crippen molar-refractivity contribution in [1.29, 1.82) is 0 Å². The standard InChI is InChI=1S/C14H23BNO2/c1-14(2,3)18-13(17)16-10-5-4-8-12(16)11-7-6-9-15-11/h4-5,11-12H,6-10H2,1-3H3. The molecule has 2 atom stereocenters. The molecule has 1 radical (unpaired) electrons. The van der Waals surface area contributed by atoms with Gasteiger partial charge in [0.2, 0.25) is 0 Å². The number of carbonyl (C=O) groups excluding carboxylic acids is 1. The van der Waals surface area contributed by atoms with Gasteiger partial charge >= 0.3 is 6.09 Å². The van der Waals surface area contributed by atoms with Crippen LogP contribution in [0.5, 0.6) is 0 Å².